The van der Waals surface area contributed by atoms with Gasteiger partial charge in [-0.25, -0.2) is 0 Å². The monoisotopic (exact) mass is 990 g/mol. The lowest BCUT2D eigenvalue weighted by atomic mass is 9.33. The van der Waals surface area contributed by atoms with Crippen LogP contribution >= 0.6 is 0 Å². The van der Waals surface area contributed by atoms with E-state index < -0.39 is 0 Å². The number of anilines is 8. The van der Waals surface area contributed by atoms with E-state index in [-0.39, 0.29) is 39.3 Å². The van der Waals surface area contributed by atoms with Crippen molar-refractivity contribution < 1.29 is 0 Å². The Balaban J connectivity index is 1.20. The third-order valence-corrected chi connectivity index (χ3v) is 18.7. The second kappa shape index (κ2) is 17.0. The predicted octanol–water partition coefficient (Wildman–Crippen LogP) is 17.9. The zero-order valence-corrected chi connectivity index (χ0v) is 49.2. The molecule has 0 amide bonds. The second-order valence-electron chi connectivity index (χ2n) is 28.2. The van der Waals surface area contributed by atoms with E-state index in [1.165, 1.54) is 148 Å². The lowest BCUT2D eigenvalue weighted by Gasteiger charge is -2.50. The first-order valence-electron chi connectivity index (χ1n) is 28.3. The van der Waals surface area contributed by atoms with Crippen molar-refractivity contribution in [2.75, 3.05) is 14.7 Å². The Morgan fingerprint density at radius 2 is 0.920 bits per heavy atom. The average molecular weight is 990 g/mol. The van der Waals surface area contributed by atoms with Crippen LogP contribution in [0.3, 0.4) is 0 Å². The molecule has 0 bridgehead atoms. The van der Waals surface area contributed by atoms with Crippen LogP contribution in [0.2, 0.25) is 0 Å². The molecule has 3 aliphatic heterocycles. The summed E-state index contributed by atoms with van der Waals surface area (Å²) in [5, 5.41) is 0. The van der Waals surface area contributed by atoms with E-state index in [1.54, 1.807) is 0 Å². The fourth-order valence-electron chi connectivity index (χ4n) is 14.2. The van der Waals surface area contributed by atoms with E-state index in [0.717, 1.165) is 6.42 Å². The molecule has 0 radical (unpaired) electrons. The first-order valence-corrected chi connectivity index (χ1v) is 28.3. The average Bonchev–Trinajstić information content (AvgIpc) is 3.59. The number of nitrogens with zero attached hydrogens (tertiary/aromatic N) is 3. The highest BCUT2D eigenvalue weighted by atomic mass is 15.3. The van der Waals surface area contributed by atoms with Gasteiger partial charge in [-0.1, -0.05) is 170 Å². The maximum absolute atomic E-state index is 2.79. The Hall–Kier alpha value is -6.00. The van der Waals surface area contributed by atoms with Gasteiger partial charge in [0.05, 0.1) is 11.2 Å². The molecule has 2 unspecified atom stereocenters. The zero-order valence-electron chi connectivity index (χ0n) is 49.2. The van der Waals surface area contributed by atoms with E-state index in [0.29, 0.717) is 0 Å². The number of rotatable bonds is 4. The van der Waals surface area contributed by atoms with Gasteiger partial charge in [0.1, 0.15) is 0 Å². The highest BCUT2D eigenvalue weighted by Gasteiger charge is 2.58. The van der Waals surface area contributed by atoms with Gasteiger partial charge >= 0.3 is 0 Å². The fraction of sp³-hybridized carbons (Fsp3) is 0.408. The largest absolute Gasteiger partial charge is 0.334 e. The van der Waals surface area contributed by atoms with Crippen molar-refractivity contribution in [2.45, 2.75) is 190 Å². The van der Waals surface area contributed by atoms with Crippen molar-refractivity contribution in [2.24, 2.45) is 0 Å². The van der Waals surface area contributed by atoms with Crippen LogP contribution in [0.1, 0.15) is 178 Å². The van der Waals surface area contributed by atoms with Gasteiger partial charge in [0.15, 0.2) is 0 Å². The summed E-state index contributed by atoms with van der Waals surface area (Å²) in [7, 11) is 0. The second-order valence-corrected chi connectivity index (χ2v) is 28.2. The summed E-state index contributed by atoms with van der Waals surface area (Å²) in [5.74, 6) is 0. The molecule has 11 rings (SSSR count). The summed E-state index contributed by atoms with van der Waals surface area (Å²) in [4.78, 5) is 8.10. The van der Waals surface area contributed by atoms with E-state index in [4.69, 9.17) is 0 Å². The molecule has 75 heavy (non-hydrogen) atoms. The molecule has 3 nitrogen and oxygen atoms in total. The summed E-state index contributed by atoms with van der Waals surface area (Å²) >= 11 is 0. The summed E-state index contributed by atoms with van der Waals surface area (Å²) < 4.78 is 0. The third kappa shape index (κ3) is 7.95. The SMILES string of the molecule is Cc1cc2c3c(c1)N(c1c(C)cc(C(C)(C)C)cc1C)c1cc(-c4c(C)cc(C(C)(C)C)cc4C)ccc1B3c1ccc(N3c4ccc(C(C)(C)C)cc4C4(C)CCCCC34C)cc1N2c1ccc(C(C)(C)C)cc1. The molecule has 1 aliphatic carbocycles. The molecule has 0 N–H and O–H groups in total. The van der Waals surface area contributed by atoms with Gasteiger partial charge in [-0.05, 0) is 208 Å². The van der Waals surface area contributed by atoms with Crippen LogP contribution in [0.4, 0.5) is 45.5 Å². The fourth-order valence-corrected chi connectivity index (χ4v) is 14.2. The van der Waals surface area contributed by atoms with Crippen LogP contribution in [0.15, 0.2) is 115 Å². The van der Waals surface area contributed by atoms with Crippen LogP contribution < -0.4 is 31.1 Å². The molecule has 7 aromatic carbocycles. The number of fused-ring (bicyclic) bond motifs is 7. The summed E-state index contributed by atoms with van der Waals surface area (Å²) in [5.41, 5.74) is 30.5. The van der Waals surface area contributed by atoms with Crippen molar-refractivity contribution in [3.05, 3.63) is 171 Å². The maximum Gasteiger partial charge on any atom is 0.252 e. The van der Waals surface area contributed by atoms with Gasteiger partial charge in [0.25, 0.3) is 6.71 Å². The highest BCUT2D eigenvalue weighted by molar-refractivity contribution is 7.00. The molecule has 0 saturated heterocycles. The van der Waals surface area contributed by atoms with Crippen LogP contribution in [0.25, 0.3) is 11.1 Å². The molecule has 7 aromatic rings. The van der Waals surface area contributed by atoms with Crippen molar-refractivity contribution in [3.63, 3.8) is 0 Å². The topological polar surface area (TPSA) is 9.72 Å². The van der Waals surface area contributed by atoms with Crippen LogP contribution in [0.5, 0.6) is 0 Å². The molecule has 1 saturated carbocycles. The zero-order chi connectivity index (χ0) is 53.9. The highest BCUT2D eigenvalue weighted by Crippen LogP contribution is 2.62. The maximum atomic E-state index is 2.79. The normalized spacial score (nSPS) is 19.2. The molecule has 386 valence electrons. The summed E-state index contributed by atoms with van der Waals surface area (Å²) in [6, 6.07) is 46.9. The third-order valence-electron chi connectivity index (χ3n) is 18.7. The number of aryl methyl sites for hydroxylation is 5. The molecular weight excluding hydrogens is 906 g/mol. The Morgan fingerprint density at radius 3 is 1.49 bits per heavy atom. The van der Waals surface area contributed by atoms with Crippen molar-refractivity contribution in [1.82, 2.24) is 0 Å². The lowest BCUT2D eigenvalue weighted by Crippen LogP contribution is -2.61. The molecule has 4 heteroatoms. The Morgan fingerprint density at radius 1 is 0.427 bits per heavy atom. The smallest absolute Gasteiger partial charge is 0.252 e. The van der Waals surface area contributed by atoms with Crippen LogP contribution in [-0.2, 0) is 27.1 Å². The van der Waals surface area contributed by atoms with E-state index >= 15 is 0 Å². The van der Waals surface area contributed by atoms with Gasteiger partial charge in [-0.15, -0.1) is 0 Å². The molecule has 0 spiro atoms. The molecule has 1 fully saturated rings. The van der Waals surface area contributed by atoms with Gasteiger partial charge in [-0.2, -0.15) is 0 Å². The first-order chi connectivity index (χ1) is 35.0. The van der Waals surface area contributed by atoms with E-state index in [9.17, 15) is 0 Å². The first kappa shape index (κ1) is 51.1. The Bertz CT molecular complexity index is 3430. The quantitative estimate of drug-likeness (QED) is 0.163. The predicted molar refractivity (Wildman–Crippen MR) is 327 cm³/mol. The van der Waals surface area contributed by atoms with Crippen molar-refractivity contribution in [1.29, 1.82) is 0 Å². The number of hydrogen-bond acceptors (Lipinski definition) is 3. The van der Waals surface area contributed by atoms with Gasteiger partial charge in [0.2, 0.25) is 0 Å². The molecule has 4 aliphatic rings. The van der Waals surface area contributed by atoms with Crippen LogP contribution in [-0.4, -0.2) is 12.3 Å². The molecule has 2 atom stereocenters. The lowest BCUT2D eigenvalue weighted by molar-refractivity contribution is 0.195. The molecule has 3 heterocycles. The molecule has 0 aromatic heterocycles. The minimum Gasteiger partial charge on any atom is -0.334 e. The van der Waals surface area contributed by atoms with E-state index in [2.05, 4.69) is 262 Å². The van der Waals surface area contributed by atoms with Crippen LogP contribution in [0, 0.1) is 34.6 Å². The van der Waals surface area contributed by atoms with Crippen molar-refractivity contribution >= 4 is 68.6 Å². The van der Waals surface area contributed by atoms with E-state index in [1.807, 2.05) is 0 Å². The van der Waals surface area contributed by atoms with Gasteiger partial charge < -0.3 is 14.7 Å². The molecular formula is C71H84BN3. The minimum atomic E-state index is -0.0816. The summed E-state index contributed by atoms with van der Waals surface area (Å²) in [6.45, 7) is 44.8. The minimum absolute atomic E-state index is 0.000658. The Labute approximate surface area is 452 Å². The number of benzene rings is 7. The van der Waals surface area contributed by atoms with Gasteiger partial charge in [-0.3, -0.25) is 0 Å². The summed E-state index contributed by atoms with van der Waals surface area (Å²) in [6.07, 6.45) is 4.86. The number of hydrogen-bond donors (Lipinski definition) is 0. The van der Waals surface area contributed by atoms with Gasteiger partial charge in [0, 0.05) is 45.2 Å². The Kier molecular flexibility index (Phi) is 11.6. The standard InChI is InChI=1S/C71H84BN3/c1-43-34-61-64-62(35-43)74(65-46(4)38-52(39-47(65)5)69(15,16)17)59-40-48(63-44(2)36-51(37-45(63)3)68(12,13)14)22-29-56(59)72(64)57-30-28-54(42-60(57)73(61)53-26-23-49(24-27-53)66(6,7)8)75-58-31-25-50(67(9,10)11)41-55(58)70(18)32-20-21-33-71(70,75)19/h22-31,34-42H,20-21,32-33H2,1-19H3. The van der Waals surface area contributed by atoms with Crippen molar-refractivity contribution in [3.8, 4) is 11.1 Å².